The van der Waals surface area contributed by atoms with Crippen LogP contribution in [0.25, 0.3) is 10.8 Å². The van der Waals surface area contributed by atoms with Crippen LogP contribution in [0.2, 0.25) is 0 Å². The number of aromatic nitrogens is 1. The summed E-state index contributed by atoms with van der Waals surface area (Å²) in [6.07, 6.45) is 3.72. The SMILES string of the molecule is Cc1nc(-c2ccco2)sc1CNC(=O)C1CCCN(C)C1. The van der Waals surface area contributed by atoms with Gasteiger partial charge < -0.3 is 14.6 Å². The van der Waals surface area contributed by atoms with Crippen molar-refractivity contribution in [2.24, 2.45) is 5.92 Å². The third-order valence-electron chi connectivity index (χ3n) is 4.04. The van der Waals surface area contributed by atoms with Crippen LogP contribution < -0.4 is 5.32 Å². The van der Waals surface area contributed by atoms with Crippen LogP contribution in [0, 0.1) is 12.8 Å². The van der Waals surface area contributed by atoms with Gasteiger partial charge in [0.15, 0.2) is 10.8 Å². The lowest BCUT2D eigenvalue weighted by Crippen LogP contribution is -2.41. The van der Waals surface area contributed by atoms with Crippen molar-refractivity contribution in [3.8, 4) is 10.8 Å². The quantitative estimate of drug-likeness (QED) is 0.941. The van der Waals surface area contributed by atoms with Crippen molar-refractivity contribution >= 4 is 17.2 Å². The van der Waals surface area contributed by atoms with Gasteiger partial charge in [0.05, 0.1) is 24.4 Å². The zero-order chi connectivity index (χ0) is 15.5. The van der Waals surface area contributed by atoms with E-state index in [9.17, 15) is 4.79 Å². The van der Waals surface area contributed by atoms with E-state index in [2.05, 4.69) is 22.2 Å². The first kappa shape index (κ1) is 15.2. The molecular formula is C16H21N3O2S. The van der Waals surface area contributed by atoms with Crippen molar-refractivity contribution in [3.63, 3.8) is 0 Å². The van der Waals surface area contributed by atoms with Gasteiger partial charge in [0, 0.05) is 11.4 Å². The second-order valence-electron chi connectivity index (χ2n) is 5.82. The molecule has 3 heterocycles. The van der Waals surface area contributed by atoms with Crippen molar-refractivity contribution in [2.75, 3.05) is 20.1 Å². The van der Waals surface area contributed by atoms with Crippen LogP contribution in [0.15, 0.2) is 22.8 Å². The summed E-state index contributed by atoms with van der Waals surface area (Å²) >= 11 is 1.58. The average molecular weight is 319 g/mol. The molecule has 6 heteroatoms. The van der Waals surface area contributed by atoms with E-state index in [1.54, 1.807) is 17.6 Å². The number of piperidine rings is 1. The molecule has 3 rings (SSSR count). The first-order valence-corrected chi connectivity index (χ1v) is 8.41. The number of carbonyl (C=O) groups excluding carboxylic acids is 1. The summed E-state index contributed by atoms with van der Waals surface area (Å²) in [5.41, 5.74) is 0.956. The molecule has 1 unspecified atom stereocenters. The standard InChI is InChI=1S/C16H21N3O2S/c1-11-14(22-16(18-11)13-6-4-8-21-13)9-17-15(20)12-5-3-7-19(2)10-12/h4,6,8,12H,3,5,7,9-10H2,1-2H3,(H,17,20). The van der Waals surface area contributed by atoms with Gasteiger partial charge in [-0.3, -0.25) is 4.79 Å². The topological polar surface area (TPSA) is 58.4 Å². The van der Waals surface area contributed by atoms with Gasteiger partial charge in [0.25, 0.3) is 0 Å². The molecule has 118 valence electrons. The fourth-order valence-corrected chi connectivity index (χ4v) is 3.76. The van der Waals surface area contributed by atoms with Gasteiger partial charge in [-0.25, -0.2) is 4.98 Å². The van der Waals surface area contributed by atoms with Gasteiger partial charge in [-0.05, 0) is 45.5 Å². The number of rotatable bonds is 4. The summed E-state index contributed by atoms with van der Waals surface area (Å²) < 4.78 is 5.38. The van der Waals surface area contributed by atoms with Crippen LogP contribution in [-0.4, -0.2) is 35.9 Å². The molecule has 5 nitrogen and oxygen atoms in total. The number of nitrogens with one attached hydrogen (secondary N) is 1. The van der Waals surface area contributed by atoms with E-state index in [0.717, 1.165) is 47.3 Å². The van der Waals surface area contributed by atoms with E-state index >= 15 is 0 Å². The summed E-state index contributed by atoms with van der Waals surface area (Å²) in [4.78, 5) is 20.1. The molecule has 0 bridgehead atoms. The number of thiazole rings is 1. The number of carbonyl (C=O) groups is 1. The Morgan fingerprint density at radius 2 is 2.45 bits per heavy atom. The molecule has 1 fully saturated rings. The molecule has 0 aromatic carbocycles. The van der Waals surface area contributed by atoms with Gasteiger partial charge in [0.2, 0.25) is 5.91 Å². The normalized spacial score (nSPS) is 19.3. The summed E-state index contributed by atoms with van der Waals surface area (Å²) in [6, 6.07) is 3.76. The minimum absolute atomic E-state index is 0.108. The van der Waals surface area contributed by atoms with Gasteiger partial charge in [-0.15, -0.1) is 11.3 Å². The number of likely N-dealkylation sites (tertiary alicyclic amines) is 1. The molecule has 0 spiro atoms. The summed E-state index contributed by atoms with van der Waals surface area (Å²) in [6.45, 7) is 4.46. The van der Waals surface area contributed by atoms with Crippen LogP contribution in [0.4, 0.5) is 0 Å². The number of amides is 1. The highest BCUT2D eigenvalue weighted by Crippen LogP contribution is 2.28. The highest BCUT2D eigenvalue weighted by atomic mass is 32.1. The number of hydrogen-bond acceptors (Lipinski definition) is 5. The zero-order valence-electron chi connectivity index (χ0n) is 13.0. The molecule has 0 saturated carbocycles. The van der Waals surface area contributed by atoms with Gasteiger partial charge in [-0.1, -0.05) is 0 Å². The van der Waals surface area contributed by atoms with Crippen LogP contribution >= 0.6 is 11.3 Å². The summed E-state index contributed by atoms with van der Waals surface area (Å²) in [7, 11) is 2.07. The number of aryl methyl sites for hydroxylation is 1. The van der Waals surface area contributed by atoms with Crippen LogP contribution in [0.5, 0.6) is 0 Å². The second-order valence-corrected chi connectivity index (χ2v) is 6.91. The Hall–Kier alpha value is -1.66. The zero-order valence-corrected chi connectivity index (χ0v) is 13.8. The molecule has 0 radical (unpaired) electrons. The molecule has 2 aromatic heterocycles. The lowest BCUT2D eigenvalue weighted by Gasteiger charge is -2.28. The van der Waals surface area contributed by atoms with E-state index in [0.29, 0.717) is 6.54 Å². The molecule has 1 aliphatic heterocycles. The third kappa shape index (κ3) is 3.39. The summed E-state index contributed by atoms with van der Waals surface area (Å²) in [5, 5.41) is 3.93. The summed E-state index contributed by atoms with van der Waals surface area (Å²) in [5.74, 6) is 1.04. The Kier molecular flexibility index (Phi) is 4.59. The molecule has 0 aliphatic carbocycles. The predicted octanol–water partition coefficient (Wildman–Crippen LogP) is 2.67. The molecule has 1 atom stereocenters. The lowest BCUT2D eigenvalue weighted by atomic mass is 9.98. The maximum atomic E-state index is 12.3. The van der Waals surface area contributed by atoms with Crippen molar-refractivity contribution < 1.29 is 9.21 Å². The van der Waals surface area contributed by atoms with Crippen LogP contribution in [0.1, 0.15) is 23.4 Å². The lowest BCUT2D eigenvalue weighted by molar-refractivity contribution is -0.126. The van der Waals surface area contributed by atoms with Crippen LogP contribution in [0.3, 0.4) is 0 Å². The number of hydrogen-bond donors (Lipinski definition) is 1. The van der Waals surface area contributed by atoms with Crippen molar-refractivity contribution in [3.05, 3.63) is 29.0 Å². The minimum Gasteiger partial charge on any atom is -0.462 e. The Labute approximate surface area is 134 Å². The van der Waals surface area contributed by atoms with E-state index in [-0.39, 0.29) is 11.8 Å². The monoisotopic (exact) mass is 319 g/mol. The Morgan fingerprint density at radius 3 is 3.18 bits per heavy atom. The average Bonchev–Trinajstić information content (AvgIpc) is 3.14. The van der Waals surface area contributed by atoms with E-state index in [4.69, 9.17) is 4.42 Å². The van der Waals surface area contributed by atoms with Crippen LogP contribution in [-0.2, 0) is 11.3 Å². The Balaban J connectivity index is 1.60. The van der Waals surface area contributed by atoms with E-state index in [1.807, 2.05) is 19.1 Å². The van der Waals surface area contributed by atoms with Crippen molar-refractivity contribution in [1.82, 2.24) is 15.2 Å². The molecule has 1 N–H and O–H groups in total. The molecule has 1 amide bonds. The molecule has 1 saturated heterocycles. The minimum atomic E-state index is 0.108. The first-order valence-electron chi connectivity index (χ1n) is 7.60. The van der Waals surface area contributed by atoms with Gasteiger partial charge in [-0.2, -0.15) is 0 Å². The van der Waals surface area contributed by atoms with Gasteiger partial charge >= 0.3 is 0 Å². The molecule has 2 aromatic rings. The van der Waals surface area contributed by atoms with E-state index in [1.165, 1.54) is 0 Å². The molecule has 1 aliphatic rings. The maximum Gasteiger partial charge on any atom is 0.224 e. The van der Waals surface area contributed by atoms with Crippen molar-refractivity contribution in [1.29, 1.82) is 0 Å². The molecular weight excluding hydrogens is 298 g/mol. The number of furan rings is 1. The highest BCUT2D eigenvalue weighted by molar-refractivity contribution is 7.15. The first-order chi connectivity index (χ1) is 10.6. The fraction of sp³-hybridized carbons (Fsp3) is 0.500. The Bertz CT molecular complexity index is 636. The highest BCUT2D eigenvalue weighted by Gasteiger charge is 2.24. The molecule has 22 heavy (non-hydrogen) atoms. The number of nitrogens with zero attached hydrogens (tertiary/aromatic N) is 2. The predicted molar refractivity (Wildman–Crippen MR) is 86.6 cm³/mol. The largest absolute Gasteiger partial charge is 0.462 e. The van der Waals surface area contributed by atoms with Gasteiger partial charge in [0.1, 0.15) is 0 Å². The maximum absolute atomic E-state index is 12.3. The fourth-order valence-electron chi connectivity index (χ4n) is 2.79. The smallest absolute Gasteiger partial charge is 0.224 e. The third-order valence-corrected chi connectivity index (χ3v) is 5.22. The van der Waals surface area contributed by atoms with Crippen molar-refractivity contribution in [2.45, 2.75) is 26.3 Å². The second kappa shape index (κ2) is 6.62. The Morgan fingerprint density at radius 1 is 1.59 bits per heavy atom. The van der Waals surface area contributed by atoms with E-state index < -0.39 is 0 Å².